The number of rotatable bonds is 2. The Hall–Kier alpha value is -2.21. The highest BCUT2D eigenvalue weighted by atomic mass is 16.5. The average molecular weight is 304 g/mol. The van der Waals surface area contributed by atoms with Gasteiger partial charge in [-0.2, -0.15) is 0 Å². The Labute approximate surface area is 129 Å². The van der Waals surface area contributed by atoms with Crippen LogP contribution >= 0.6 is 0 Å². The molecule has 1 aromatic carbocycles. The van der Waals surface area contributed by atoms with E-state index in [2.05, 4.69) is 5.32 Å². The number of nitrogens with zero attached hydrogens (tertiary/aromatic N) is 1. The van der Waals surface area contributed by atoms with Gasteiger partial charge in [0, 0.05) is 19.7 Å². The quantitative estimate of drug-likeness (QED) is 0.817. The Morgan fingerprint density at radius 1 is 1.41 bits per heavy atom. The first-order valence-electron chi connectivity index (χ1n) is 7.24. The first-order chi connectivity index (χ1) is 10.6. The lowest BCUT2D eigenvalue weighted by Gasteiger charge is -2.27. The zero-order chi connectivity index (χ0) is 15.9. The number of hydrogen-bond acceptors (Lipinski definition) is 5. The molecule has 0 radical (unpaired) electrons. The van der Waals surface area contributed by atoms with Crippen LogP contribution in [0.3, 0.4) is 0 Å². The van der Waals surface area contributed by atoms with Gasteiger partial charge in [0.05, 0.1) is 24.4 Å². The highest BCUT2D eigenvalue weighted by Crippen LogP contribution is 2.38. The third kappa shape index (κ3) is 2.20. The van der Waals surface area contributed by atoms with Gasteiger partial charge < -0.3 is 24.8 Å². The van der Waals surface area contributed by atoms with E-state index in [1.165, 1.54) is 18.7 Å². The molecule has 0 aromatic heterocycles. The fourth-order valence-corrected chi connectivity index (χ4v) is 3.13. The van der Waals surface area contributed by atoms with E-state index in [4.69, 9.17) is 9.47 Å². The fraction of sp³-hybridized carbons (Fsp3) is 0.438. The summed E-state index contributed by atoms with van der Waals surface area (Å²) in [6.07, 6.45) is 2.51. The van der Waals surface area contributed by atoms with Crippen LogP contribution in [0, 0.1) is 0 Å². The summed E-state index contributed by atoms with van der Waals surface area (Å²) < 4.78 is 10.7. The molecular formula is C16H20N2O4. The Balaban J connectivity index is 2.09. The van der Waals surface area contributed by atoms with Gasteiger partial charge >= 0.3 is 0 Å². The molecule has 6 nitrogen and oxygen atoms in total. The standard InChI is InChI=1S/C16H20N2O4/c1-4-9-5-12-15(22-3)17-11-7-13(19)14(21-2)6-10(11)16(20)18(12)8-9/h4,6-7,12,15,17,19H,5,8H2,1-3H3/t12-,15-/m1/s1. The van der Waals surface area contributed by atoms with Gasteiger partial charge in [-0.15, -0.1) is 0 Å². The number of benzene rings is 1. The number of allylic oxidation sites excluding steroid dienone is 1. The van der Waals surface area contributed by atoms with Gasteiger partial charge in [0.15, 0.2) is 11.5 Å². The zero-order valence-corrected chi connectivity index (χ0v) is 12.9. The minimum atomic E-state index is -0.324. The van der Waals surface area contributed by atoms with Gasteiger partial charge in [0.1, 0.15) is 6.23 Å². The number of carbonyl (C=O) groups excluding carboxylic acids is 1. The maximum Gasteiger partial charge on any atom is 0.256 e. The van der Waals surface area contributed by atoms with Gasteiger partial charge in [-0.3, -0.25) is 4.79 Å². The van der Waals surface area contributed by atoms with Crippen LogP contribution in [0.15, 0.2) is 23.8 Å². The minimum Gasteiger partial charge on any atom is -0.504 e. The smallest absolute Gasteiger partial charge is 0.256 e. The molecule has 2 atom stereocenters. The second kappa shape index (κ2) is 5.53. The van der Waals surface area contributed by atoms with Crippen molar-refractivity contribution in [2.45, 2.75) is 25.6 Å². The number of aromatic hydroxyl groups is 1. The molecule has 3 rings (SSSR count). The van der Waals surface area contributed by atoms with Crippen molar-refractivity contribution in [1.82, 2.24) is 4.90 Å². The molecule has 2 aliphatic rings. The Morgan fingerprint density at radius 3 is 2.82 bits per heavy atom. The lowest BCUT2D eigenvalue weighted by molar-refractivity contribution is 0.0420. The fourth-order valence-electron chi connectivity index (χ4n) is 3.13. The summed E-state index contributed by atoms with van der Waals surface area (Å²) in [6.45, 7) is 2.58. The van der Waals surface area contributed by atoms with Crippen molar-refractivity contribution in [2.24, 2.45) is 0 Å². The number of ether oxygens (including phenoxy) is 2. The SMILES string of the molecule is CC=C1C[C@@H]2[C@@H](OC)Nc3cc(O)c(OC)cc3C(=O)N2C1. The first-order valence-corrected chi connectivity index (χ1v) is 7.24. The van der Waals surface area contributed by atoms with Crippen LogP contribution in [0.2, 0.25) is 0 Å². The van der Waals surface area contributed by atoms with E-state index < -0.39 is 0 Å². The summed E-state index contributed by atoms with van der Waals surface area (Å²) in [6, 6.07) is 3.02. The molecule has 2 N–H and O–H groups in total. The normalized spacial score (nSPS) is 25.5. The molecule has 1 aromatic rings. The number of nitrogens with one attached hydrogen (secondary N) is 1. The van der Waals surface area contributed by atoms with Gasteiger partial charge in [0.25, 0.3) is 5.91 Å². The van der Waals surface area contributed by atoms with Gasteiger partial charge in [-0.1, -0.05) is 11.6 Å². The summed E-state index contributed by atoms with van der Waals surface area (Å²) in [5.74, 6) is 0.196. The number of carbonyl (C=O) groups is 1. The van der Waals surface area contributed by atoms with Crippen LogP contribution in [-0.2, 0) is 4.74 Å². The molecular weight excluding hydrogens is 284 g/mol. The molecule has 6 heteroatoms. The van der Waals surface area contributed by atoms with Crippen LogP contribution in [0.1, 0.15) is 23.7 Å². The Morgan fingerprint density at radius 2 is 2.18 bits per heavy atom. The van der Waals surface area contributed by atoms with Crippen LogP contribution in [0.5, 0.6) is 11.5 Å². The summed E-state index contributed by atoms with van der Waals surface area (Å²) in [5, 5.41) is 13.2. The maximum atomic E-state index is 12.9. The van der Waals surface area contributed by atoms with Crippen LogP contribution < -0.4 is 10.1 Å². The summed E-state index contributed by atoms with van der Waals surface area (Å²) in [7, 11) is 3.08. The van der Waals surface area contributed by atoms with Crippen LogP contribution in [-0.4, -0.2) is 48.9 Å². The Bertz CT molecular complexity index is 641. The van der Waals surface area contributed by atoms with E-state index in [9.17, 15) is 9.90 Å². The molecule has 0 saturated carbocycles. The van der Waals surface area contributed by atoms with Crippen molar-refractivity contribution in [2.75, 3.05) is 26.1 Å². The summed E-state index contributed by atoms with van der Waals surface area (Å²) in [4.78, 5) is 14.7. The molecule has 1 amide bonds. The molecule has 0 unspecified atom stereocenters. The van der Waals surface area contributed by atoms with Crippen molar-refractivity contribution in [3.8, 4) is 11.5 Å². The van der Waals surface area contributed by atoms with Crippen molar-refractivity contribution < 1.29 is 19.4 Å². The highest BCUT2D eigenvalue weighted by Gasteiger charge is 2.41. The zero-order valence-electron chi connectivity index (χ0n) is 12.9. The van der Waals surface area contributed by atoms with E-state index in [1.54, 1.807) is 13.2 Å². The van der Waals surface area contributed by atoms with E-state index >= 15 is 0 Å². The molecule has 118 valence electrons. The molecule has 1 fully saturated rings. The topological polar surface area (TPSA) is 71.0 Å². The Kier molecular flexibility index (Phi) is 3.70. The largest absolute Gasteiger partial charge is 0.504 e. The van der Waals surface area contributed by atoms with E-state index in [1.807, 2.05) is 17.9 Å². The molecule has 0 bridgehead atoms. The lowest BCUT2D eigenvalue weighted by Crippen LogP contribution is -2.44. The molecule has 22 heavy (non-hydrogen) atoms. The van der Waals surface area contributed by atoms with Crippen LogP contribution in [0.4, 0.5) is 5.69 Å². The second-order valence-electron chi connectivity index (χ2n) is 5.52. The number of methoxy groups -OCH3 is 2. The number of amides is 1. The van der Waals surface area contributed by atoms with E-state index in [0.717, 1.165) is 6.42 Å². The van der Waals surface area contributed by atoms with Crippen LogP contribution in [0.25, 0.3) is 0 Å². The van der Waals surface area contributed by atoms with Crippen molar-refractivity contribution in [1.29, 1.82) is 0 Å². The van der Waals surface area contributed by atoms with Gasteiger partial charge in [-0.05, 0) is 19.4 Å². The van der Waals surface area contributed by atoms with Crippen molar-refractivity contribution in [3.05, 3.63) is 29.3 Å². The van der Waals surface area contributed by atoms with Crippen molar-refractivity contribution in [3.63, 3.8) is 0 Å². The number of anilines is 1. The predicted molar refractivity (Wildman–Crippen MR) is 82.3 cm³/mol. The third-order valence-electron chi connectivity index (χ3n) is 4.36. The van der Waals surface area contributed by atoms with Gasteiger partial charge in [0.2, 0.25) is 0 Å². The second-order valence-corrected chi connectivity index (χ2v) is 5.52. The maximum absolute atomic E-state index is 12.9. The third-order valence-corrected chi connectivity index (χ3v) is 4.36. The monoisotopic (exact) mass is 304 g/mol. The average Bonchev–Trinajstić information content (AvgIpc) is 2.92. The molecule has 0 aliphatic carbocycles. The molecule has 2 heterocycles. The molecule has 0 spiro atoms. The minimum absolute atomic E-state index is 0.00685. The van der Waals surface area contributed by atoms with E-state index in [0.29, 0.717) is 17.8 Å². The van der Waals surface area contributed by atoms with E-state index in [-0.39, 0.29) is 29.7 Å². The lowest BCUT2D eigenvalue weighted by atomic mass is 10.1. The molecule has 2 aliphatic heterocycles. The van der Waals surface area contributed by atoms with Crippen molar-refractivity contribution >= 4 is 11.6 Å². The number of phenolic OH excluding ortho intramolecular Hbond substituents is 1. The highest BCUT2D eigenvalue weighted by molar-refractivity contribution is 6.02. The number of phenols is 1. The predicted octanol–water partition coefficient (Wildman–Crippen LogP) is 1.96. The number of hydrogen-bond donors (Lipinski definition) is 2. The first kappa shape index (κ1) is 14.7. The number of fused-ring (bicyclic) bond motifs is 2. The summed E-state index contributed by atoms with van der Waals surface area (Å²) >= 11 is 0. The summed E-state index contributed by atoms with van der Waals surface area (Å²) in [5.41, 5.74) is 2.26. The van der Waals surface area contributed by atoms with Gasteiger partial charge in [-0.25, -0.2) is 0 Å². The molecule has 1 saturated heterocycles.